The number of hydrogen-bond donors (Lipinski definition) is 0. The van der Waals surface area contributed by atoms with Crippen molar-refractivity contribution in [2.24, 2.45) is 11.8 Å². The van der Waals surface area contributed by atoms with E-state index in [4.69, 9.17) is 0 Å². The van der Waals surface area contributed by atoms with Crippen LogP contribution in [0.15, 0.2) is 0 Å². The van der Waals surface area contributed by atoms with E-state index in [1.165, 1.54) is 8.61 Å². The van der Waals surface area contributed by atoms with E-state index >= 15 is 0 Å². The molecule has 2 unspecified atom stereocenters. The number of hydrogen-bond acceptors (Lipinski definition) is 5. The van der Waals surface area contributed by atoms with Gasteiger partial charge >= 0.3 is 11.9 Å². The summed E-state index contributed by atoms with van der Waals surface area (Å²) in [5.41, 5.74) is 0. The number of esters is 2. The molecule has 0 saturated carbocycles. The van der Waals surface area contributed by atoms with Gasteiger partial charge in [0.05, 0.1) is 11.8 Å². The first-order valence-electron chi connectivity index (χ1n) is 7.51. The summed E-state index contributed by atoms with van der Waals surface area (Å²) in [6.07, 6.45) is 4.22. The van der Waals surface area contributed by atoms with Crippen LogP contribution < -0.4 is 0 Å². The fraction of sp³-hybridized carbons (Fsp3) is 0.846. The van der Waals surface area contributed by atoms with Gasteiger partial charge in [-0.1, -0.05) is 12.8 Å². The minimum Gasteiger partial charge on any atom is -0.393 e. The van der Waals surface area contributed by atoms with Gasteiger partial charge in [0, 0.05) is 26.2 Å². The van der Waals surface area contributed by atoms with Crippen LogP contribution in [0.25, 0.3) is 0 Å². The van der Waals surface area contributed by atoms with Gasteiger partial charge in [-0.15, -0.1) is 0 Å². The van der Waals surface area contributed by atoms with Crippen LogP contribution in [0.2, 0.25) is 0 Å². The molecule has 3 aliphatic heterocycles. The van der Waals surface area contributed by atoms with Gasteiger partial charge in [0.2, 0.25) is 0 Å². The Morgan fingerprint density at radius 1 is 0.857 bits per heavy atom. The minimum atomic E-state index is -3.54. The second kappa shape index (κ2) is 5.66. The van der Waals surface area contributed by atoms with Crippen molar-refractivity contribution >= 4 is 22.1 Å². The van der Waals surface area contributed by atoms with Gasteiger partial charge in [-0.05, 0) is 19.3 Å². The van der Waals surface area contributed by atoms with E-state index in [0.717, 1.165) is 25.7 Å². The third-order valence-electron chi connectivity index (χ3n) is 4.60. The maximum absolute atomic E-state index is 12.7. The number of rotatable bonds is 2. The molecule has 8 heteroatoms. The normalized spacial score (nSPS) is 32.6. The Hall–Kier alpha value is -0.990. The largest absolute Gasteiger partial charge is 0.393 e. The molecular weight excluding hydrogens is 296 g/mol. The summed E-state index contributed by atoms with van der Waals surface area (Å²) < 4.78 is 32.9. The number of piperidine rings is 1. The first-order chi connectivity index (χ1) is 10.00. The number of fused-ring (bicyclic) bond motifs is 1. The van der Waals surface area contributed by atoms with Crippen molar-refractivity contribution in [1.29, 1.82) is 0 Å². The fourth-order valence-corrected chi connectivity index (χ4v) is 5.07. The second-order valence-corrected chi connectivity index (χ2v) is 7.85. The van der Waals surface area contributed by atoms with Gasteiger partial charge in [-0.2, -0.15) is 17.0 Å². The van der Waals surface area contributed by atoms with Crippen LogP contribution >= 0.6 is 0 Å². The van der Waals surface area contributed by atoms with Crippen LogP contribution in [0.1, 0.15) is 32.1 Å². The molecule has 3 heterocycles. The van der Waals surface area contributed by atoms with Gasteiger partial charge in [0.25, 0.3) is 10.2 Å². The van der Waals surface area contributed by atoms with Crippen molar-refractivity contribution in [3.63, 3.8) is 0 Å². The third-order valence-corrected chi connectivity index (χ3v) is 6.60. The van der Waals surface area contributed by atoms with Gasteiger partial charge in [0.15, 0.2) is 0 Å². The number of carbonyl (C=O) groups excluding carboxylic acids is 2. The van der Waals surface area contributed by atoms with Crippen molar-refractivity contribution in [1.82, 2.24) is 8.61 Å². The Labute approximate surface area is 124 Å². The van der Waals surface area contributed by atoms with E-state index in [1.54, 1.807) is 0 Å². The lowest BCUT2D eigenvalue weighted by atomic mass is 9.89. The average Bonchev–Trinajstić information content (AvgIpc) is 2.67. The lowest BCUT2D eigenvalue weighted by molar-refractivity contribution is -0.153. The number of ether oxygens (including phenoxy) is 1. The van der Waals surface area contributed by atoms with Crippen LogP contribution in [0.3, 0.4) is 0 Å². The quantitative estimate of drug-likeness (QED) is 0.534. The summed E-state index contributed by atoms with van der Waals surface area (Å²) in [6, 6.07) is 0. The summed E-state index contributed by atoms with van der Waals surface area (Å²) in [5, 5.41) is 0. The maximum atomic E-state index is 12.7. The van der Waals surface area contributed by atoms with E-state index < -0.39 is 34.0 Å². The predicted octanol–water partition coefficient (Wildman–Crippen LogP) is 0.129. The molecule has 0 aromatic rings. The molecule has 0 bridgehead atoms. The highest BCUT2D eigenvalue weighted by atomic mass is 32.2. The Balaban J connectivity index is 1.74. The lowest BCUT2D eigenvalue weighted by Crippen LogP contribution is -2.50. The highest BCUT2D eigenvalue weighted by Gasteiger charge is 2.49. The number of cyclic esters (lactones) is 2. The molecule has 2 atom stereocenters. The summed E-state index contributed by atoms with van der Waals surface area (Å²) in [6.45, 7) is 1.42. The zero-order valence-corrected chi connectivity index (χ0v) is 12.7. The van der Waals surface area contributed by atoms with E-state index in [0.29, 0.717) is 19.5 Å². The molecule has 0 radical (unpaired) electrons. The standard InChI is InChI=1S/C13H20N2O5S/c16-12-10-5-8-15(9-11(10)13(17)20-12)21(18,19)14-6-3-1-2-4-7-14/h10-11H,1-9H2. The molecule has 0 amide bonds. The minimum absolute atomic E-state index is 0.0636. The summed E-state index contributed by atoms with van der Waals surface area (Å²) in [5.74, 6) is -2.18. The zero-order chi connectivity index (χ0) is 15.0. The Kier molecular flexibility index (Phi) is 4.02. The molecule has 7 nitrogen and oxygen atoms in total. The Bertz CT molecular complexity index is 539. The summed E-state index contributed by atoms with van der Waals surface area (Å²) >= 11 is 0. The topological polar surface area (TPSA) is 84.0 Å². The van der Waals surface area contributed by atoms with E-state index in [1.807, 2.05) is 0 Å². The molecule has 118 valence electrons. The molecule has 3 rings (SSSR count). The molecular formula is C13H20N2O5S. The van der Waals surface area contributed by atoms with Crippen LogP contribution in [-0.4, -0.2) is 55.1 Å². The summed E-state index contributed by atoms with van der Waals surface area (Å²) in [4.78, 5) is 23.1. The van der Waals surface area contributed by atoms with Crippen molar-refractivity contribution in [2.45, 2.75) is 32.1 Å². The maximum Gasteiger partial charge on any atom is 0.318 e. The average molecular weight is 316 g/mol. The Morgan fingerprint density at radius 3 is 2.14 bits per heavy atom. The smallest absolute Gasteiger partial charge is 0.318 e. The molecule has 0 aromatic heterocycles. The molecule has 21 heavy (non-hydrogen) atoms. The number of carbonyl (C=O) groups is 2. The third kappa shape index (κ3) is 2.72. The van der Waals surface area contributed by atoms with Crippen LogP contribution in [0.4, 0.5) is 0 Å². The Morgan fingerprint density at radius 2 is 1.48 bits per heavy atom. The van der Waals surface area contributed by atoms with Crippen molar-refractivity contribution in [3.8, 4) is 0 Å². The van der Waals surface area contributed by atoms with Crippen molar-refractivity contribution in [2.75, 3.05) is 26.2 Å². The number of nitrogens with zero attached hydrogens (tertiary/aromatic N) is 2. The molecule has 3 fully saturated rings. The first-order valence-corrected chi connectivity index (χ1v) is 8.90. The summed E-state index contributed by atoms with van der Waals surface area (Å²) in [7, 11) is -3.54. The highest BCUT2D eigenvalue weighted by molar-refractivity contribution is 7.86. The van der Waals surface area contributed by atoms with E-state index in [-0.39, 0.29) is 13.1 Å². The van der Waals surface area contributed by atoms with Gasteiger partial charge < -0.3 is 4.74 Å². The molecule has 3 aliphatic rings. The van der Waals surface area contributed by atoms with E-state index in [9.17, 15) is 18.0 Å². The molecule has 0 spiro atoms. The highest BCUT2D eigenvalue weighted by Crippen LogP contribution is 2.33. The van der Waals surface area contributed by atoms with Crippen molar-refractivity contribution in [3.05, 3.63) is 0 Å². The van der Waals surface area contributed by atoms with Gasteiger partial charge in [0.1, 0.15) is 0 Å². The zero-order valence-electron chi connectivity index (χ0n) is 11.9. The van der Waals surface area contributed by atoms with Crippen molar-refractivity contribution < 1.29 is 22.7 Å². The fourth-order valence-electron chi connectivity index (χ4n) is 3.34. The van der Waals surface area contributed by atoms with Gasteiger partial charge in [-0.25, -0.2) is 0 Å². The SMILES string of the molecule is O=C1OC(=O)C2CN(S(=O)(=O)N3CCCCCC3)CCC12. The molecule has 0 aromatic carbocycles. The van der Waals surface area contributed by atoms with E-state index in [2.05, 4.69) is 4.74 Å². The second-order valence-electron chi connectivity index (χ2n) is 5.92. The lowest BCUT2D eigenvalue weighted by Gasteiger charge is -2.34. The van der Waals surface area contributed by atoms with Crippen LogP contribution in [0.5, 0.6) is 0 Å². The predicted molar refractivity (Wildman–Crippen MR) is 73.2 cm³/mol. The van der Waals surface area contributed by atoms with Crippen LogP contribution in [-0.2, 0) is 24.5 Å². The van der Waals surface area contributed by atoms with Gasteiger partial charge in [-0.3, -0.25) is 9.59 Å². The molecule has 3 saturated heterocycles. The molecule has 0 aliphatic carbocycles. The first kappa shape index (κ1) is 14.9. The van der Waals surface area contributed by atoms with Crippen LogP contribution in [0, 0.1) is 11.8 Å². The monoisotopic (exact) mass is 316 g/mol. The molecule has 0 N–H and O–H groups in total.